The van der Waals surface area contributed by atoms with Gasteiger partial charge in [0.2, 0.25) is 0 Å². The molecule has 0 aromatic heterocycles. The van der Waals surface area contributed by atoms with E-state index in [9.17, 15) is 0 Å². The first-order valence-electron chi connectivity index (χ1n) is 4.89. The van der Waals surface area contributed by atoms with Crippen LogP contribution in [-0.2, 0) is 0 Å². The van der Waals surface area contributed by atoms with Gasteiger partial charge < -0.3 is 11.1 Å². The maximum absolute atomic E-state index is 5.82. The SMILES string of the molecule is CCC(N)CSC[C@@H]1CCCN1. The first kappa shape index (κ1) is 10.4. The molecular formula is C9H20N2S. The molecule has 3 N–H and O–H groups in total. The van der Waals surface area contributed by atoms with Gasteiger partial charge in [-0.1, -0.05) is 6.92 Å². The van der Waals surface area contributed by atoms with Crippen molar-refractivity contribution in [3.8, 4) is 0 Å². The van der Waals surface area contributed by atoms with Gasteiger partial charge >= 0.3 is 0 Å². The molecule has 1 aliphatic heterocycles. The predicted octanol–water partition coefficient (Wildman–Crippen LogP) is 1.21. The molecule has 1 unspecified atom stereocenters. The van der Waals surface area contributed by atoms with E-state index in [4.69, 9.17) is 5.73 Å². The zero-order valence-corrected chi connectivity index (χ0v) is 8.70. The summed E-state index contributed by atoms with van der Waals surface area (Å²) in [5.41, 5.74) is 5.82. The number of rotatable bonds is 5. The number of nitrogens with one attached hydrogen (secondary N) is 1. The molecule has 1 aliphatic rings. The fraction of sp³-hybridized carbons (Fsp3) is 1.00. The Hall–Kier alpha value is 0.270. The van der Waals surface area contributed by atoms with Gasteiger partial charge in [-0.25, -0.2) is 0 Å². The second-order valence-electron chi connectivity index (χ2n) is 3.50. The highest BCUT2D eigenvalue weighted by Crippen LogP contribution is 2.12. The summed E-state index contributed by atoms with van der Waals surface area (Å²) in [5.74, 6) is 2.36. The van der Waals surface area contributed by atoms with Crippen LogP contribution in [0.15, 0.2) is 0 Å². The lowest BCUT2D eigenvalue weighted by atomic mass is 10.3. The summed E-state index contributed by atoms with van der Waals surface area (Å²) in [6, 6.07) is 1.16. The summed E-state index contributed by atoms with van der Waals surface area (Å²) in [6.07, 6.45) is 3.81. The van der Waals surface area contributed by atoms with E-state index in [1.54, 1.807) is 0 Å². The van der Waals surface area contributed by atoms with Gasteiger partial charge in [-0.2, -0.15) is 11.8 Å². The molecule has 0 amide bonds. The zero-order valence-electron chi connectivity index (χ0n) is 7.88. The normalized spacial score (nSPS) is 26.0. The van der Waals surface area contributed by atoms with Gasteiger partial charge in [-0.15, -0.1) is 0 Å². The molecule has 1 saturated heterocycles. The molecular weight excluding hydrogens is 168 g/mol. The minimum atomic E-state index is 0.399. The summed E-state index contributed by atoms with van der Waals surface area (Å²) in [4.78, 5) is 0. The third-order valence-electron chi connectivity index (χ3n) is 2.34. The lowest BCUT2D eigenvalue weighted by Crippen LogP contribution is -2.26. The molecule has 0 spiro atoms. The first-order valence-corrected chi connectivity index (χ1v) is 6.05. The smallest absolute Gasteiger partial charge is 0.0158 e. The molecule has 2 nitrogen and oxygen atoms in total. The molecule has 0 saturated carbocycles. The molecule has 0 aromatic rings. The second-order valence-corrected chi connectivity index (χ2v) is 4.57. The number of hydrogen-bond donors (Lipinski definition) is 2. The molecule has 3 heteroatoms. The number of nitrogens with two attached hydrogens (primary N) is 1. The van der Waals surface area contributed by atoms with Crippen LogP contribution >= 0.6 is 11.8 Å². The molecule has 0 aromatic carbocycles. The Balaban J connectivity index is 1.94. The van der Waals surface area contributed by atoms with Crippen molar-refractivity contribution in [1.82, 2.24) is 5.32 Å². The largest absolute Gasteiger partial charge is 0.327 e. The fourth-order valence-electron chi connectivity index (χ4n) is 1.38. The van der Waals surface area contributed by atoms with Gasteiger partial charge in [-0.3, -0.25) is 0 Å². The Kier molecular flexibility index (Phi) is 5.04. The third-order valence-corrected chi connectivity index (χ3v) is 3.64. The van der Waals surface area contributed by atoms with Gasteiger partial charge in [0, 0.05) is 23.6 Å². The monoisotopic (exact) mass is 188 g/mol. The molecule has 1 fully saturated rings. The zero-order chi connectivity index (χ0) is 8.81. The van der Waals surface area contributed by atoms with Crippen molar-refractivity contribution in [3.05, 3.63) is 0 Å². The highest BCUT2D eigenvalue weighted by molar-refractivity contribution is 7.99. The highest BCUT2D eigenvalue weighted by atomic mass is 32.2. The topological polar surface area (TPSA) is 38.0 Å². The van der Waals surface area contributed by atoms with Crippen molar-refractivity contribution in [2.24, 2.45) is 5.73 Å². The summed E-state index contributed by atoms with van der Waals surface area (Å²) in [7, 11) is 0. The van der Waals surface area contributed by atoms with Crippen LogP contribution in [0.1, 0.15) is 26.2 Å². The summed E-state index contributed by atoms with van der Waals surface area (Å²) >= 11 is 2.00. The lowest BCUT2D eigenvalue weighted by Gasteiger charge is -2.11. The van der Waals surface area contributed by atoms with Crippen molar-refractivity contribution in [2.45, 2.75) is 38.3 Å². The van der Waals surface area contributed by atoms with E-state index in [0.29, 0.717) is 6.04 Å². The Morgan fingerprint density at radius 2 is 2.50 bits per heavy atom. The highest BCUT2D eigenvalue weighted by Gasteiger charge is 2.13. The molecule has 0 bridgehead atoms. The quantitative estimate of drug-likeness (QED) is 0.681. The van der Waals surface area contributed by atoms with Gasteiger partial charge in [0.25, 0.3) is 0 Å². The fourth-order valence-corrected chi connectivity index (χ4v) is 2.62. The van der Waals surface area contributed by atoms with E-state index in [2.05, 4.69) is 12.2 Å². The van der Waals surface area contributed by atoms with Crippen molar-refractivity contribution >= 4 is 11.8 Å². The molecule has 0 aliphatic carbocycles. The van der Waals surface area contributed by atoms with Crippen LogP contribution in [-0.4, -0.2) is 30.1 Å². The summed E-state index contributed by atoms with van der Waals surface area (Å²) in [6.45, 7) is 3.37. The Morgan fingerprint density at radius 1 is 1.67 bits per heavy atom. The third kappa shape index (κ3) is 3.78. The van der Waals surface area contributed by atoms with Crippen LogP contribution in [0.5, 0.6) is 0 Å². The molecule has 1 heterocycles. The van der Waals surface area contributed by atoms with Gasteiger partial charge in [0.05, 0.1) is 0 Å². The van der Waals surface area contributed by atoms with Gasteiger partial charge in [0.1, 0.15) is 0 Å². The average molecular weight is 188 g/mol. The average Bonchev–Trinajstić information content (AvgIpc) is 2.57. The second kappa shape index (κ2) is 5.84. The number of thioether (sulfide) groups is 1. The van der Waals surface area contributed by atoms with E-state index < -0.39 is 0 Å². The van der Waals surface area contributed by atoms with E-state index >= 15 is 0 Å². The molecule has 12 heavy (non-hydrogen) atoms. The predicted molar refractivity (Wildman–Crippen MR) is 56.6 cm³/mol. The maximum Gasteiger partial charge on any atom is 0.0158 e. The standard InChI is InChI=1S/C9H20N2S/c1-2-8(10)6-12-7-9-4-3-5-11-9/h8-9,11H,2-7,10H2,1H3/t8?,9-/m0/s1. The minimum absolute atomic E-state index is 0.399. The Labute approximate surface area is 79.7 Å². The van der Waals surface area contributed by atoms with Crippen molar-refractivity contribution < 1.29 is 0 Å². The van der Waals surface area contributed by atoms with Crippen LogP contribution in [0.3, 0.4) is 0 Å². The van der Waals surface area contributed by atoms with Crippen molar-refractivity contribution in [3.63, 3.8) is 0 Å². The van der Waals surface area contributed by atoms with Crippen LogP contribution in [0.2, 0.25) is 0 Å². The van der Waals surface area contributed by atoms with Crippen molar-refractivity contribution in [2.75, 3.05) is 18.1 Å². The number of hydrogen-bond acceptors (Lipinski definition) is 3. The molecule has 2 atom stereocenters. The van der Waals surface area contributed by atoms with E-state index in [-0.39, 0.29) is 0 Å². The molecule has 72 valence electrons. The van der Waals surface area contributed by atoms with Crippen LogP contribution in [0, 0.1) is 0 Å². The Bertz CT molecular complexity index is 113. The Morgan fingerprint density at radius 3 is 3.08 bits per heavy atom. The molecule has 0 radical (unpaired) electrons. The van der Waals surface area contributed by atoms with E-state index in [0.717, 1.165) is 18.2 Å². The van der Waals surface area contributed by atoms with Gasteiger partial charge in [0.15, 0.2) is 0 Å². The van der Waals surface area contributed by atoms with Crippen LogP contribution in [0.4, 0.5) is 0 Å². The molecule has 1 rings (SSSR count). The summed E-state index contributed by atoms with van der Waals surface area (Å²) in [5, 5.41) is 3.49. The van der Waals surface area contributed by atoms with Crippen molar-refractivity contribution in [1.29, 1.82) is 0 Å². The van der Waals surface area contributed by atoms with Crippen LogP contribution in [0.25, 0.3) is 0 Å². The maximum atomic E-state index is 5.82. The van der Waals surface area contributed by atoms with E-state index in [1.165, 1.54) is 25.1 Å². The van der Waals surface area contributed by atoms with Gasteiger partial charge in [-0.05, 0) is 25.8 Å². The first-order chi connectivity index (χ1) is 5.83. The van der Waals surface area contributed by atoms with Crippen LogP contribution < -0.4 is 11.1 Å². The lowest BCUT2D eigenvalue weighted by molar-refractivity contribution is 0.670. The summed E-state index contributed by atoms with van der Waals surface area (Å²) < 4.78 is 0. The van der Waals surface area contributed by atoms with E-state index in [1.807, 2.05) is 11.8 Å². The minimum Gasteiger partial charge on any atom is -0.327 e.